The van der Waals surface area contributed by atoms with Crippen molar-refractivity contribution >= 4 is 11.7 Å². The van der Waals surface area contributed by atoms with Crippen LogP contribution in [0.15, 0.2) is 17.3 Å². The van der Waals surface area contributed by atoms with Gasteiger partial charge in [0, 0.05) is 11.3 Å². The fourth-order valence-electron chi connectivity index (χ4n) is 2.17. The van der Waals surface area contributed by atoms with E-state index in [2.05, 4.69) is 30.3 Å². The molecule has 0 fully saturated rings. The number of hydrogen-bond acceptors (Lipinski definition) is 6. The molecule has 7 nitrogen and oxygen atoms in total. The summed E-state index contributed by atoms with van der Waals surface area (Å²) in [7, 11) is 1.24. The van der Waals surface area contributed by atoms with Gasteiger partial charge in [0.05, 0.1) is 11.3 Å². The van der Waals surface area contributed by atoms with E-state index in [1.165, 1.54) is 26.2 Å². The average Bonchev–Trinajstić information content (AvgIpc) is 2.53. The summed E-state index contributed by atoms with van der Waals surface area (Å²) in [6.45, 7) is 1.70. The number of nitrogens with two attached hydrogens (primary N) is 1. The maximum atomic E-state index is 14.3. The Bertz CT molecular complexity index is 838. The van der Waals surface area contributed by atoms with Crippen molar-refractivity contribution < 1.29 is 22.4 Å². The van der Waals surface area contributed by atoms with Gasteiger partial charge in [-0.2, -0.15) is 17.6 Å². The summed E-state index contributed by atoms with van der Waals surface area (Å²) >= 11 is 0. The molecule has 0 unspecified atom stereocenters. The summed E-state index contributed by atoms with van der Waals surface area (Å²) in [5.41, 5.74) is 6.25. The van der Waals surface area contributed by atoms with Crippen LogP contribution >= 0.6 is 0 Å². The summed E-state index contributed by atoms with van der Waals surface area (Å²) in [6, 6.07) is 2.93. The van der Waals surface area contributed by atoms with Crippen molar-refractivity contribution in [3.8, 4) is 11.1 Å². The third-order valence-electron chi connectivity index (χ3n) is 3.22. The van der Waals surface area contributed by atoms with Gasteiger partial charge in [-0.3, -0.25) is 0 Å². The number of rotatable bonds is 5. The van der Waals surface area contributed by atoms with Gasteiger partial charge in [-0.1, -0.05) is 5.16 Å². The molecule has 0 spiro atoms. The summed E-state index contributed by atoms with van der Waals surface area (Å²) in [5.74, 6) is -1.49. The van der Waals surface area contributed by atoms with Crippen molar-refractivity contribution in [2.45, 2.75) is 20.0 Å². The van der Waals surface area contributed by atoms with Gasteiger partial charge in [0.15, 0.2) is 0 Å². The molecule has 0 aromatic carbocycles. The number of oxime groups is 1. The number of anilines is 1. The van der Waals surface area contributed by atoms with Gasteiger partial charge < -0.3 is 15.9 Å². The Morgan fingerprint density at radius 2 is 1.92 bits per heavy atom. The number of pyridine rings is 1. The second-order valence-corrected chi connectivity index (χ2v) is 5.28. The average molecular weight is 372 g/mol. The van der Waals surface area contributed by atoms with Gasteiger partial charge in [0.1, 0.15) is 19.5 Å². The minimum atomic E-state index is -4.51. The molecule has 0 aliphatic rings. The summed E-state index contributed by atoms with van der Waals surface area (Å²) in [5, 5.41) is 5.60. The molecule has 0 aliphatic carbocycles. The van der Waals surface area contributed by atoms with Crippen molar-refractivity contribution in [3.05, 3.63) is 35.3 Å². The number of nitrogens with zero attached hydrogens (tertiary/aromatic N) is 4. The lowest BCUT2D eigenvalue weighted by atomic mass is 10.1. The minimum absolute atomic E-state index is 0.0356. The Hall–Kier alpha value is -2.98. The zero-order valence-electron chi connectivity index (χ0n) is 14.1. The number of aromatic nitrogens is 3. The first kappa shape index (κ1) is 19.3. The smallest absolute Gasteiger partial charge is 0.397 e. The molecule has 11 heteroatoms. The van der Waals surface area contributed by atoms with E-state index in [4.69, 9.17) is 5.73 Å². The van der Waals surface area contributed by atoms with Crippen LogP contribution in [0.3, 0.4) is 0 Å². The van der Waals surface area contributed by atoms with Crippen LogP contribution in [0.4, 0.5) is 23.4 Å². The van der Waals surface area contributed by atoms with Gasteiger partial charge in [0.25, 0.3) is 0 Å². The van der Waals surface area contributed by atoms with E-state index in [1.807, 2.05) is 0 Å². The number of amidine groups is 1. The molecule has 2 heterocycles. The molecule has 2 aromatic rings. The first-order chi connectivity index (χ1) is 12.1. The van der Waals surface area contributed by atoms with Gasteiger partial charge in [0.2, 0.25) is 17.6 Å². The van der Waals surface area contributed by atoms with Crippen LogP contribution in [-0.2, 0) is 4.84 Å². The first-order valence-electron chi connectivity index (χ1n) is 7.32. The van der Waals surface area contributed by atoms with Crippen LogP contribution in [0.25, 0.3) is 11.1 Å². The van der Waals surface area contributed by atoms with E-state index in [9.17, 15) is 17.6 Å². The van der Waals surface area contributed by atoms with Crippen LogP contribution < -0.4 is 11.1 Å². The van der Waals surface area contributed by atoms with Crippen molar-refractivity contribution in [1.82, 2.24) is 15.0 Å². The van der Waals surface area contributed by atoms with Crippen LogP contribution in [0.2, 0.25) is 0 Å². The van der Waals surface area contributed by atoms with Crippen molar-refractivity contribution in [2.75, 3.05) is 19.0 Å². The maximum absolute atomic E-state index is 14.3. The molecule has 140 valence electrons. The molecule has 0 bridgehead atoms. The molecular formula is C15H16F4N6O. The Labute approximate surface area is 146 Å². The Morgan fingerprint density at radius 1 is 1.23 bits per heavy atom. The highest BCUT2D eigenvalue weighted by atomic mass is 19.4. The maximum Gasteiger partial charge on any atom is 0.405 e. The predicted octanol–water partition coefficient (Wildman–Crippen LogP) is 2.54. The highest BCUT2D eigenvalue weighted by Crippen LogP contribution is 2.31. The van der Waals surface area contributed by atoms with E-state index in [0.717, 1.165) is 0 Å². The molecule has 0 radical (unpaired) electrons. The molecule has 0 amide bonds. The summed E-state index contributed by atoms with van der Waals surface area (Å²) in [4.78, 5) is 16.2. The van der Waals surface area contributed by atoms with Gasteiger partial charge >= 0.3 is 6.18 Å². The molecule has 0 atom stereocenters. The standard InChI is InChI=1S/C15H16F4N6O/c1-7-4-5-9(11(16)22-7)10-8(2)23-14(12(20)25-26-3)24-13(10)21-6-15(17,18)19/h4-5H,6H2,1-3H3,(H2,20,25)(H,21,23,24). The molecule has 3 N–H and O–H groups in total. The third-order valence-corrected chi connectivity index (χ3v) is 3.22. The van der Waals surface area contributed by atoms with E-state index in [-0.39, 0.29) is 34.3 Å². The monoisotopic (exact) mass is 372 g/mol. The number of hydrogen-bond donors (Lipinski definition) is 2. The molecule has 26 heavy (non-hydrogen) atoms. The second kappa shape index (κ2) is 7.50. The number of halogens is 4. The van der Waals surface area contributed by atoms with Gasteiger partial charge in [-0.05, 0) is 26.0 Å². The highest BCUT2D eigenvalue weighted by Gasteiger charge is 2.28. The number of alkyl halides is 3. The minimum Gasteiger partial charge on any atom is -0.397 e. The van der Waals surface area contributed by atoms with Crippen molar-refractivity contribution in [2.24, 2.45) is 10.9 Å². The largest absolute Gasteiger partial charge is 0.405 e. The SMILES string of the molecule is CO/N=C(/N)c1nc(C)c(-c2ccc(C)nc2F)c(NCC(F)(F)F)n1. The van der Waals surface area contributed by atoms with E-state index >= 15 is 0 Å². The zero-order chi connectivity index (χ0) is 19.5. The van der Waals surface area contributed by atoms with E-state index < -0.39 is 18.7 Å². The Morgan fingerprint density at radius 3 is 2.50 bits per heavy atom. The molecule has 2 aromatic heterocycles. The third kappa shape index (κ3) is 4.55. The Balaban J connectivity index is 2.63. The lowest BCUT2D eigenvalue weighted by Gasteiger charge is -2.16. The van der Waals surface area contributed by atoms with Crippen molar-refractivity contribution in [3.63, 3.8) is 0 Å². The molecule has 0 saturated carbocycles. The van der Waals surface area contributed by atoms with Crippen molar-refractivity contribution in [1.29, 1.82) is 0 Å². The number of aryl methyl sites for hydroxylation is 2. The fourth-order valence-corrected chi connectivity index (χ4v) is 2.17. The highest BCUT2D eigenvalue weighted by molar-refractivity contribution is 5.94. The fraction of sp³-hybridized carbons (Fsp3) is 0.333. The zero-order valence-corrected chi connectivity index (χ0v) is 14.1. The van der Waals surface area contributed by atoms with Crippen LogP contribution in [-0.4, -0.2) is 40.6 Å². The predicted molar refractivity (Wildman–Crippen MR) is 87.0 cm³/mol. The Kier molecular flexibility index (Phi) is 5.58. The molecule has 0 aliphatic heterocycles. The van der Waals surface area contributed by atoms with E-state index in [0.29, 0.717) is 5.69 Å². The van der Waals surface area contributed by atoms with Crippen LogP contribution in [0.1, 0.15) is 17.2 Å². The van der Waals surface area contributed by atoms with Gasteiger partial charge in [-0.25, -0.2) is 15.0 Å². The second-order valence-electron chi connectivity index (χ2n) is 5.28. The molecule has 0 saturated heterocycles. The molecular weight excluding hydrogens is 356 g/mol. The number of nitrogens with one attached hydrogen (secondary N) is 1. The topological polar surface area (TPSA) is 98.3 Å². The normalized spacial score (nSPS) is 12.2. The molecule has 2 rings (SSSR count). The lowest BCUT2D eigenvalue weighted by Crippen LogP contribution is -2.24. The van der Waals surface area contributed by atoms with E-state index in [1.54, 1.807) is 6.92 Å². The van der Waals surface area contributed by atoms with Crippen LogP contribution in [0.5, 0.6) is 0 Å². The quantitative estimate of drug-likeness (QED) is 0.275. The van der Waals surface area contributed by atoms with Crippen LogP contribution in [0, 0.1) is 19.8 Å². The summed E-state index contributed by atoms with van der Waals surface area (Å²) < 4.78 is 52.1. The first-order valence-corrected chi connectivity index (χ1v) is 7.32. The summed E-state index contributed by atoms with van der Waals surface area (Å²) in [6.07, 6.45) is -4.51. The van der Waals surface area contributed by atoms with Gasteiger partial charge in [-0.15, -0.1) is 0 Å². The lowest BCUT2D eigenvalue weighted by molar-refractivity contribution is -0.115.